The normalized spacial score (nSPS) is 13.5. The summed E-state index contributed by atoms with van der Waals surface area (Å²) in [5.41, 5.74) is 0.731. The van der Waals surface area contributed by atoms with Crippen molar-refractivity contribution in [1.29, 1.82) is 0 Å². The highest BCUT2D eigenvalue weighted by Crippen LogP contribution is 2.30. The summed E-state index contributed by atoms with van der Waals surface area (Å²) in [5, 5.41) is 12.2. The Morgan fingerprint density at radius 3 is 2.58 bits per heavy atom. The van der Waals surface area contributed by atoms with Gasteiger partial charge in [-0.05, 0) is 38.5 Å². The van der Waals surface area contributed by atoms with E-state index in [1.165, 1.54) is 7.11 Å². The van der Waals surface area contributed by atoms with Gasteiger partial charge in [-0.15, -0.1) is 0 Å². The third-order valence-corrected chi connectivity index (χ3v) is 2.69. The van der Waals surface area contributed by atoms with Crippen molar-refractivity contribution in [2.45, 2.75) is 33.0 Å². The van der Waals surface area contributed by atoms with E-state index in [1.807, 2.05) is 6.92 Å². The highest BCUT2D eigenvalue weighted by Gasteiger charge is 2.16. The predicted molar refractivity (Wildman–Crippen MR) is 72.4 cm³/mol. The Bertz CT molecular complexity index is 431. The van der Waals surface area contributed by atoms with Crippen LogP contribution in [0.15, 0.2) is 18.2 Å². The van der Waals surface area contributed by atoms with Crippen LogP contribution in [0.2, 0.25) is 0 Å². The van der Waals surface area contributed by atoms with E-state index in [4.69, 9.17) is 9.47 Å². The first-order valence-electron chi connectivity index (χ1n) is 6.30. The van der Waals surface area contributed by atoms with Gasteiger partial charge in [0, 0.05) is 6.54 Å². The minimum Gasteiger partial charge on any atom is -0.493 e. The Kier molecular flexibility index (Phi) is 5.63. The average molecular weight is 267 g/mol. The van der Waals surface area contributed by atoms with Crippen molar-refractivity contribution < 1.29 is 19.4 Å². The van der Waals surface area contributed by atoms with Gasteiger partial charge in [-0.2, -0.15) is 0 Å². The van der Waals surface area contributed by atoms with Gasteiger partial charge >= 0.3 is 0 Å². The quantitative estimate of drug-likeness (QED) is 0.822. The van der Waals surface area contributed by atoms with Gasteiger partial charge in [-0.1, -0.05) is 6.07 Å². The van der Waals surface area contributed by atoms with Gasteiger partial charge in [0.05, 0.1) is 13.2 Å². The summed E-state index contributed by atoms with van der Waals surface area (Å²) in [6, 6.07) is 5.13. The number of likely N-dealkylation sites (N-methyl/N-ethyl adjacent to an activating group) is 1. The fraction of sp³-hybridized carbons (Fsp3) is 0.500. The lowest BCUT2D eigenvalue weighted by Crippen LogP contribution is -2.36. The van der Waals surface area contributed by atoms with Crippen LogP contribution in [-0.2, 0) is 4.79 Å². The number of hydrogen-bond donors (Lipinski definition) is 2. The number of carbonyl (C=O) groups is 1. The topological polar surface area (TPSA) is 67.8 Å². The van der Waals surface area contributed by atoms with Gasteiger partial charge in [0.25, 0.3) is 5.91 Å². The van der Waals surface area contributed by atoms with Crippen LogP contribution in [0.1, 0.15) is 32.4 Å². The number of rotatable bonds is 6. The monoisotopic (exact) mass is 267 g/mol. The highest BCUT2D eigenvalue weighted by atomic mass is 16.5. The molecule has 1 aromatic carbocycles. The lowest BCUT2D eigenvalue weighted by atomic mass is 10.1. The number of aliphatic hydroxyl groups excluding tert-OH is 1. The van der Waals surface area contributed by atoms with Crippen molar-refractivity contribution in [3.63, 3.8) is 0 Å². The average Bonchev–Trinajstić information content (AvgIpc) is 2.39. The Hall–Kier alpha value is -1.75. The van der Waals surface area contributed by atoms with Crippen LogP contribution < -0.4 is 14.8 Å². The van der Waals surface area contributed by atoms with E-state index >= 15 is 0 Å². The number of nitrogens with one attached hydrogen (secondary N) is 1. The van der Waals surface area contributed by atoms with Crippen LogP contribution in [0.4, 0.5) is 0 Å². The van der Waals surface area contributed by atoms with Gasteiger partial charge in [0.15, 0.2) is 17.6 Å². The molecule has 5 heteroatoms. The van der Waals surface area contributed by atoms with E-state index in [0.29, 0.717) is 18.0 Å². The van der Waals surface area contributed by atoms with E-state index in [2.05, 4.69) is 5.32 Å². The van der Waals surface area contributed by atoms with Gasteiger partial charge in [0.2, 0.25) is 0 Å². The molecule has 0 radical (unpaired) electrons. The number of ether oxygens (including phenoxy) is 2. The Balaban J connectivity index is 2.86. The zero-order valence-electron chi connectivity index (χ0n) is 11.8. The summed E-state index contributed by atoms with van der Waals surface area (Å²) >= 11 is 0. The maximum absolute atomic E-state index is 11.6. The molecule has 1 amide bonds. The predicted octanol–water partition coefficient (Wildman–Crippen LogP) is 1.65. The van der Waals surface area contributed by atoms with Crippen molar-refractivity contribution in [1.82, 2.24) is 5.32 Å². The number of aliphatic hydroxyl groups is 1. The maximum atomic E-state index is 11.6. The molecule has 0 bridgehead atoms. The third-order valence-electron chi connectivity index (χ3n) is 2.69. The molecule has 0 fully saturated rings. The summed E-state index contributed by atoms with van der Waals surface area (Å²) in [7, 11) is 1.52. The van der Waals surface area contributed by atoms with Crippen molar-refractivity contribution in [2.75, 3.05) is 13.7 Å². The molecule has 0 heterocycles. The van der Waals surface area contributed by atoms with Gasteiger partial charge in [0.1, 0.15) is 0 Å². The van der Waals surface area contributed by atoms with Crippen molar-refractivity contribution in [3.8, 4) is 11.5 Å². The Morgan fingerprint density at radius 2 is 2.05 bits per heavy atom. The van der Waals surface area contributed by atoms with Crippen LogP contribution in [0, 0.1) is 0 Å². The number of hydrogen-bond acceptors (Lipinski definition) is 4. The van der Waals surface area contributed by atoms with E-state index in [-0.39, 0.29) is 5.91 Å². The molecule has 5 nitrogen and oxygen atoms in total. The molecule has 1 aromatic rings. The minimum atomic E-state index is -0.605. The van der Waals surface area contributed by atoms with E-state index in [1.54, 1.807) is 32.0 Å². The fourth-order valence-corrected chi connectivity index (χ4v) is 1.60. The fourth-order valence-electron chi connectivity index (χ4n) is 1.60. The summed E-state index contributed by atoms with van der Waals surface area (Å²) < 4.78 is 10.8. The van der Waals surface area contributed by atoms with Crippen molar-refractivity contribution in [3.05, 3.63) is 23.8 Å². The maximum Gasteiger partial charge on any atom is 0.260 e. The second-order valence-corrected chi connectivity index (χ2v) is 4.24. The van der Waals surface area contributed by atoms with Crippen LogP contribution in [-0.4, -0.2) is 30.8 Å². The smallest absolute Gasteiger partial charge is 0.260 e. The second-order valence-electron chi connectivity index (χ2n) is 4.24. The van der Waals surface area contributed by atoms with Gasteiger partial charge < -0.3 is 19.9 Å². The second kappa shape index (κ2) is 6.99. The highest BCUT2D eigenvalue weighted by molar-refractivity contribution is 5.80. The first-order valence-corrected chi connectivity index (χ1v) is 6.30. The molecule has 0 saturated carbocycles. The number of carbonyl (C=O) groups excluding carboxylic acids is 1. The number of amides is 1. The molecule has 2 N–H and O–H groups in total. The number of methoxy groups -OCH3 is 1. The molecule has 1 rings (SSSR count). The first kappa shape index (κ1) is 15.3. The number of benzene rings is 1. The van der Waals surface area contributed by atoms with E-state index < -0.39 is 12.2 Å². The summed E-state index contributed by atoms with van der Waals surface area (Å²) in [5.74, 6) is 0.796. The lowest BCUT2D eigenvalue weighted by molar-refractivity contribution is -0.127. The molecule has 2 unspecified atom stereocenters. The molecule has 0 aromatic heterocycles. The molecule has 19 heavy (non-hydrogen) atoms. The largest absolute Gasteiger partial charge is 0.493 e. The molecule has 0 aliphatic heterocycles. The zero-order valence-corrected chi connectivity index (χ0v) is 11.8. The van der Waals surface area contributed by atoms with Gasteiger partial charge in [-0.3, -0.25) is 4.79 Å². The summed E-state index contributed by atoms with van der Waals surface area (Å²) in [4.78, 5) is 11.6. The van der Waals surface area contributed by atoms with Crippen LogP contribution >= 0.6 is 0 Å². The molecular formula is C14H21NO4. The third kappa shape index (κ3) is 4.13. The van der Waals surface area contributed by atoms with Crippen LogP contribution in [0.5, 0.6) is 11.5 Å². The Labute approximate surface area is 113 Å². The first-order chi connectivity index (χ1) is 8.99. The molecule has 2 atom stereocenters. The summed E-state index contributed by atoms with van der Waals surface area (Å²) in [6.07, 6.45) is -1.19. The van der Waals surface area contributed by atoms with Crippen LogP contribution in [0.25, 0.3) is 0 Å². The molecule has 0 aliphatic carbocycles. The van der Waals surface area contributed by atoms with Gasteiger partial charge in [-0.25, -0.2) is 0 Å². The Morgan fingerprint density at radius 1 is 1.37 bits per heavy atom. The SMILES string of the molecule is CCNC(=O)C(C)Oc1ccc(C(C)O)cc1OC. The van der Waals surface area contributed by atoms with E-state index in [9.17, 15) is 9.90 Å². The molecule has 0 spiro atoms. The minimum absolute atomic E-state index is 0.177. The molecular weight excluding hydrogens is 246 g/mol. The van der Waals surface area contributed by atoms with Crippen molar-refractivity contribution in [2.24, 2.45) is 0 Å². The molecule has 106 valence electrons. The molecule has 0 aliphatic rings. The molecule has 0 saturated heterocycles. The standard InChI is InChI=1S/C14H21NO4/c1-5-15-14(17)10(3)19-12-7-6-11(9(2)16)8-13(12)18-4/h6-10,16H,5H2,1-4H3,(H,15,17). The van der Waals surface area contributed by atoms with E-state index in [0.717, 1.165) is 5.56 Å². The van der Waals surface area contributed by atoms with Crippen molar-refractivity contribution >= 4 is 5.91 Å². The lowest BCUT2D eigenvalue weighted by Gasteiger charge is -2.17. The summed E-state index contributed by atoms with van der Waals surface area (Å²) in [6.45, 7) is 5.76. The zero-order chi connectivity index (χ0) is 14.4. The van der Waals surface area contributed by atoms with Crippen LogP contribution in [0.3, 0.4) is 0 Å².